The lowest BCUT2D eigenvalue weighted by Crippen LogP contribution is -1.94. The van der Waals surface area contributed by atoms with Gasteiger partial charge in [-0.05, 0) is 30.2 Å². The minimum absolute atomic E-state index is 0.231. The second-order valence-electron chi connectivity index (χ2n) is 3.93. The van der Waals surface area contributed by atoms with E-state index >= 15 is 0 Å². The summed E-state index contributed by atoms with van der Waals surface area (Å²) in [4.78, 5) is 4.08. The molecule has 2 aromatic rings. The molecular formula is C15H15N3O. The normalized spacial score (nSPS) is 10.5. The molecule has 19 heavy (non-hydrogen) atoms. The van der Waals surface area contributed by atoms with Crippen molar-refractivity contribution >= 4 is 12.0 Å². The molecule has 0 amide bonds. The summed E-state index contributed by atoms with van der Waals surface area (Å²) in [5.74, 6) is 0.884. The van der Waals surface area contributed by atoms with E-state index in [4.69, 9.17) is 0 Å². The Morgan fingerprint density at radius 2 is 2.16 bits per heavy atom. The number of aromatic hydroxyl groups is 1. The number of nitrogens with one attached hydrogen (secondary N) is 1. The van der Waals surface area contributed by atoms with Gasteiger partial charge in [0.1, 0.15) is 11.6 Å². The summed E-state index contributed by atoms with van der Waals surface area (Å²) < 4.78 is 0. The van der Waals surface area contributed by atoms with E-state index in [2.05, 4.69) is 22.1 Å². The van der Waals surface area contributed by atoms with E-state index in [-0.39, 0.29) is 5.75 Å². The smallest absolute Gasteiger partial charge is 0.146 e. The Morgan fingerprint density at radius 1 is 1.26 bits per heavy atom. The van der Waals surface area contributed by atoms with Gasteiger partial charge in [0, 0.05) is 11.8 Å². The summed E-state index contributed by atoms with van der Waals surface area (Å²) in [6, 6.07) is 11.0. The molecule has 0 saturated carbocycles. The van der Waals surface area contributed by atoms with Crippen molar-refractivity contribution < 1.29 is 5.11 Å². The van der Waals surface area contributed by atoms with Gasteiger partial charge in [-0.1, -0.05) is 24.3 Å². The van der Waals surface area contributed by atoms with Crippen molar-refractivity contribution in [1.82, 2.24) is 4.98 Å². The predicted octanol–water partition coefficient (Wildman–Crippen LogP) is 2.96. The molecule has 1 aromatic heterocycles. The number of benzene rings is 1. The van der Waals surface area contributed by atoms with Gasteiger partial charge >= 0.3 is 0 Å². The zero-order valence-electron chi connectivity index (χ0n) is 10.5. The molecule has 0 aliphatic rings. The fourth-order valence-corrected chi connectivity index (χ4v) is 1.63. The molecule has 1 aromatic carbocycles. The second-order valence-corrected chi connectivity index (χ2v) is 3.93. The van der Waals surface area contributed by atoms with Gasteiger partial charge in [-0.3, -0.25) is 5.43 Å². The van der Waals surface area contributed by atoms with E-state index in [9.17, 15) is 5.11 Å². The van der Waals surface area contributed by atoms with Crippen molar-refractivity contribution in [2.24, 2.45) is 5.10 Å². The van der Waals surface area contributed by atoms with Crippen LogP contribution in [0.15, 0.2) is 60.4 Å². The first-order chi connectivity index (χ1) is 9.31. The van der Waals surface area contributed by atoms with Gasteiger partial charge in [-0.2, -0.15) is 5.10 Å². The Labute approximate surface area is 112 Å². The monoisotopic (exact) mass is 253 g/mol. The molecular weight excluding hydrogens is 238 g/mol. The zero-order chi connectivity index (χ0) is 13.5. The minimum atomic E-state index is 0.231. The van der Waals surface area contributed by atoms with E-state index in [0.29, 0.717) is 17.8 Å². The highest BCUT2D eigenvalue weighted by Gasteiger charge is 2.03. The number of hydrazone groups is 1. The van der Waals surface area contributed by atoms with Crippen molar-refractivity contribution in [2.45, 2.75) is 6.42 Å². The molecule has 4 heteroatoms. The van der Waals surface area contributed by atoms with E-state index in [1.807, 2.05) is 30.3 Å². The van der Waals surface area contributed by atoms with Gasteiger partial charge in [-0.15, -0.1) is 6.58 Å². The molecule has 0 aliphatic carbocycles. The Bertz CT molecular complexity index is 579. The third-order valence-electron chi connectivity index (χ3n) is 2.56. The Hall–Kier alpha value is -2.62. The maximum absolute atomic E-state index is 10.0. The lowest BCUT2D eigenvalue weighted by Gasteiger charge is -2.04. The largest absolute Gasteiger partial charge is 0.507 e. The maximum Gasteiger partial charge on any atom is 0.146 e. The number of anilines is 1. The maximum atomic E-state index is 10.0. The Balaban J connectivity index is 2.10. The van der Waals surface area contributed by atoms with Crippen molar-refractivity contribution in [3.05, 3.63) is 66.4 Å². The van der Waals surface area contributed by atoms with Gasteiger partial charge in [-0.25, -0.2) is 4.98 Å². The minimum Gasteiger partial charge on any atom is -0.507 e. The van der Waals surface area contributed by atoms with Gasteiger partial charge < -0.3 is 5.11 Å². The summed E-state index contributed by atoms with van der Waals surface area (Å²) in [6.07, 6.45) is 5.62. The molecule has 2 N–H and O–H groups in total. The van der Waals surface area contributed by atoms with Gasteiger partial charge in [0.15, 0.2) is 0 Å². The number of rotatable bonds is 5. The number of phenolic OH excluding ortho intramolecular Hbond substituents is 1. The lowest BCUT2D eigenvalue weighted by molar-refractivity contribution is 0.469. The SMILES string of the molecule is C=CCc1cccc(/C=N\Nc2ccccn2)c1O. The Morgan fingerprint density at radius 3 is 2.89 bits per heavy atom. The number of aromatic nitrogens is 1. The molecule has 96 valence electrons. The van der Waals surface area contributed by atoms with Crippen molar-refractivity contribution in [3.63, 3.8) is 0 Å². The summed E-state index contributed by atoms with van der Waals surface area (Å²) in [5, 5.41) is 14.1. The molecule has 0 aliphatic heterocycles. The molecule has 0 spiro atoms. The van der Waals surface area contributed by atoms with Crippen LogP contribution in [0.25, 0.3) is 0 Å². The summed E-state index contributed by atoms with van der Waals surface area (Å²) in [6.45, 7) is 3.66. The van der Waals surface area contributed by atoms with Crippen LogP contribution in [0.3, 0.4) is 0 Å². The highest BCUT2D eigenvalue weighted by molar-refractivity contribution is 5.84. The average molecular weight is 253 g/mol. The second kappa shape index (κ2) is 6.35. The average Bonchev–Trinajstić information content (AvgIpc) is 2.44. The lowest BCUT2D eigenvalue weighted by atomic mass is 10.1. The topological polar surface area (TPSA) is 57.5 Å². The van der Waals surface area contributed by atoms with Crippen LogP contribution < -0.4 is 5.43 Å². The van der Waals surface area contributed by atoms with Crippen LogP contribution >= 0.6 is 0 Å². The van der Waals surface area contributed by atoms with E-state index in [1.165, 1.54) is 0 Å². The third kappa shape index (κ3) is 3.42. The van der Waals surface area contributed by atoms with Crippen molar-refractivity contribution in [1.29, 1.82) is 0 Å². The highest BCUT2D eigenvalue weighted by Crippen LogP contribution is 2.21. The molecule has 2 rings (SSSR count). The molecule has 0 radical (unpaired) electrons. The number of hydrogen-bond donors (Lipinski definition) is 2. The van der Waals surface area contributed by atoms with Crippen molar-refractivity contribution in [3.8, 4) is 5.75 Å². The molecule has 0 atom stereocenters. The number of hydrogen-bond acceptors (Lipinski definition) is 4. The number of allylic oxidation sites excluding steroid dienone is 1. The van der Waals surface area contributed by atoms with Crippen LogP contribution in [0, 0.1) is 0 Å². The van der Waals surface area contributed by atoms with Crippen LogP contribution in [-0.4, -0.2) is 16.3 Å². The summed E-state index contributed by atoms with van der Waals surface area (Å²) in [7, 11) is 0. The standard InChI is InChI=1S/C15H15N3O/c1-2-6-12-7-5-8-13(15(12)19)11-17-18-14-9-3-4-10-16-14/h2-5,7-11,19H,1,6H2,(H,16,18)/b17-11-. The van der Waals surface area contributed by atoms with Crippen LogP contribution in [0.5, 0.6) is 5.75 Å². The summed E-state index contributed by atoms with van der Waals surface area (Å²) in [5.41, 5.74) is 4.28. The van der Waals surface area contributed by atoms with Crippen LogP contribution in [-0.2, 0) is 6.42 Å². The fraction of sp³-hybridized carbons (Fsp3) is 0.0667. The van der Waals surface area contributed by atoms with E-state index < -0.39 is 0 Å². The van der Waals surface area contributed by atoms with Gasteiger partial charge in [0.2, 0.25) is 0 Å². The molecule has 4 nitrogen and oxygen atoms in total. The van der Waals surface area contributed by atoms with Crippen LogP contribution in [0.2, 0.25) is 0 Å². The third-order valence-corrected chi connectivity index (χ3v) is 2.56. The first-order valence-corrected chi connectivity index (χ1v) is 5.93. The molecule has 0 unspecified atom stereocenters. The first kappa shape index (κ1) is 12.8. The number of pyridine rings is 1. The van der Waals surface area contributed by atoms with E-state index in [0.717, 1.165) is 5.56 Å². The molecule has 0 bridgehead atoms. The van der Waals surface area contributed by atoms with Crippen LogP contribution in [0.4, 0.5) is 5.82 Å². The zero-order valence-corrected chi connectivity index (χ0v) is 10.5. The molecule has 0 fully saturated rings. The van der Waals surface area contributed by atoms with E-state index in [1.54, 1.807) is 24.6 Å². The predicted molar refractivity (Wildman–Crippen MR) is 77.5 cm³/mol. The Kier molecular flexibility index (Phi) is 4.29. The molecule has 1 heterocycles. The number of para-hydroxylation sites is 1. The van der Waals surface area contributed by atoms with Crippen molar-refractivity contribution in [2.75, 3.05) is 5.43 Å². The quantitative estimate of drug-likeness (QED) is 0.489. The first-order valence-electron chi connectivity index (χ1n) is 5.93. The highest BCUT2D eigenvalue weighted by atomic mass is 16.3. The fourth-order valence-electron chi connectivity index (χ4n) is 1.63. The number of nitrogens with zero attached hydrogens (tertiary/aromatic N) is 2. The molecule has 0 saturated heterocycles. The number of phenols is 1. The van der Waals surface area contributed by atoms with Crippen LogP contribution in [0.1, 0.15) is 11.1 Å². The van der Waals surface area contributed by atoms with Gasteiger partial charge in [0.05, 0.1) is 6.21 Å². The van der Waals surface area contributed by atoms with Gasteiger partial charge in [0.25, 0.3) is 0 Å². The summed E-state index contributed by atoms with van der Waals surface area (Å²) >= 11 is 0.